The molecule has 0 atom stereocenters. The van der Waals surface area contributed by atoms with Crippen LogP contribution in [0.1, 0.15) is 27.0 Å². The largest absolute Gasteiger partial charge is 0.488 e. The van der Waals surface area contributed by atoms with E-state index in [1.807, 2.05) is 30.3 Å². The van der Waals surface area contributed by atoms with E-state index in [1.165, 1.54) is 12.1 Å². The summed E-state index contributed by atoms with van der Waals surface area (Å²) in [7, 11) is 0. The van der Waals surface area contributed by atoms with Gasteiger partial charge in [-0.15, -0.1) is 0 Å². The summed E-state index contributed by atoms with van der Waals surface area (Å²) in [5, 5.41) is 27.8. The van der Waals surface area contributed by atoms with Gasteiger partial charge in [-0.05, 0) is 23.3 Å². The molecule has 2 rings (SSSR count). The zero-order chi connectivity index (χ0) is 15.2. The Morgan fingerprint density at radius 3 is 2.33 bits per heavy atom. The molecule has 3 N–H and O–H groups in total. The molecule has 0 unspecified atom stereocenters. The molecule has 0 saturated heterocycles. The molecule has 0 aliphatic rings. The van der Waals surface area contributed by atoms with Crippen molar-refractivity contribution in [1.29, 1.82) is 0 Å². The van der Waals surface area contributed by atoms with Crippen LogP contribution in [-0.4, -0.2) is 21.3 Å². The number of aliphatic hydroxyl groups is 2. The summed E-state index contributed by atoms with van der Waals surface area (Å²) in [6.07, 6.45) is 0. The fraction of sp³-hybridized carbons (Fsp3) is 0.188. The van der Waals surface area contributed by atoms with Crippen LogP contribution in [0.2, 0.25) is 0 Å². The second-order valence-electron chi connectivity index (χ2n) is 4.51. The topological polar surface area (TPSA) is 87.0 Å². The molecule has 0 amide bonds. The molecule has 0 heterocycles. The first-order valence-electron chi connectivity index (χ1n) is 6.43. The normalized spacial score (nSPS) is 10.4. The molecule has 0 spiro atoms. The molecule has 2 aromatic carbocycles. The minimum atomic E-state index is -1.11. The molecule has 0 fully saturated rings. The van der Waals surface area contributed by atoms with Crippen molar-refractivity contribution in [2.45, 2.75) is 19.8 Å². The Balaban J connectivity index is 2.31. The number of aromatic carboxylic acids is 1. The number of aliphatic hydroxyl groups excluding tert-OH is 2. The van der Waals surface area contributed by atoms with Gasteiger partial charge in [-0.2, -0.15) is 0 Å². The summed E-state index contributed by atoms with van der Waals surface area (Å²) in [6.45, 7) is -0.444. The Morgan fingerprint density at radius 1 is 1.05 bits per heavy atom. The van der Waals surface area contributed by atoms with Crippen molar-refractivity contribution < 1.29 is 24.9 Å². The van der Waals surface area contributed by atoms with Crippen LogP contribution in [0.25, 0.3) is 0 Å². The number of rotatable bonds is 6. The van der Waals surface area contributed by atoms with Gasteiger partial charge in [0.2, 0.25) is 0 Å². The molecule has 0 bridgehead atoms. The maximum absolute atomic E-state index is 11.1. The van der Waals surface area contributed by atoms with E-state index in [0.717, 1.165) is 5.56 Å². The lowest BCUT2D eigenvalue weighted by molar-refractivity contribution is 0.0696. The van der Waals surface area contributed by atoms with Gasteiger partial charge in [0.25, 0.3) is 0 Å². The summed E-state index contributed by atoms with van der Waals surface area (Å²) in [4.78, 5) is 11.1. The molecular formula is C16H16O5. The highest BCUT2D eigenvalue weighted by Crippen LogP contribution is 2.26. The lowest BCUT2D eigenvalue weighted by Gasteiger charge is -2.14. The van der Waals surface area contributed by atoms with Crippen molar-refractivity contribution in [3.63, 3.8) is 0 Å². The second kappa shape index (κ2) is 6.88. The van der Waals surface area contributed by atoms with Gasteiger partial charge in [-0.25, -0.2) is 4.79 Å². The van der Waals surface area contributed by atoms with Gasteiger partial charge in [0.15, 0.2) is 0 Å². The fourth-order valence-corrected chi connectivity index (χ4v) is 2.01. The van der Waals surface area contributed by atoms with Crippen LogP contribution in [-0.2, 0) is 19.8 Å². The first-order valence-corrected chi connectivity index (χ1v) is 6.43. The molecule has 0 saturated carbocycles. The summed E-state index contributed by atoms with van der Waals surface area (Å²) in [5.41, 5.74) is 1.69. The van der Waals surface area contributed by atoms with Gasteiger partial charge in [0.1, 0.15) is 12.4 Å². The quantitative estimate of drug-likeness (QED) is 0.756. The van der Waals surface area contributed by atoms with Gasteiger partial charge < -0.3 is 20.1 Å². The summed E-state index contributed by atoms with van der Waals surface area (Å²) in [6, 6.07) is 12.1. The summed E-state index contributed by atoms with van der Waals surface area (Å²) in [5.74, 6) is -0.843. The number of carbonyl (C=O) groups is 1. The van der Waals surface area contributed by atoms with Gasteiger partial charge >= 0.3 is 5.97 Å². The molecule has 0 aromatic heterocycles. The van der Waals surface area contributed by atoms with E-state index < -0.39 is 5.97 Å². The van der Waals surface area contributed by atoms with Gasteiger partial charge in [-0.1, -0.05) is 30.3 Å². The monoisotopic (exact) mass is 288 g/mol. The third kappa shape index (κ3) is 3.59. The molecule has 0 aliphatic carbocycles. The average Bonchev–Trinajstić information content (AvgIpc) is 2.52. The van der Waals surface area contributed by atoms with E-state index >= 15 is 0 Å². The molecular weight excluding hydrogens is 272 g/mol. The second-order valence-corrected chi connectivity index (χ2v) is 4.51. The number of benzene rings is 2. The average molecular weight is 288 g/mol. The Morgan fingerprint density at radius 2 is 1.76 bits per heavy atom. The highest BCUT2D eigenvalue weighted by atomic mass is 16.5. The molecule has 5 heteroatoms. The number of ether oxygens (including phenoxy) is 1. The van der Waals surface area contributed by atoms with E-state index in [4.69, 9.17) is 9.84 Å². The first-order chi connectivity index (χ1) is 10.2. The third-order valence-corrected chi connectivity index (χ3v) is 3.11. The van der Waals surface area contributed by atoms with E-state index in [0.29, 0.717) is 11.1 Å². The maximum atomic E-state index is 11.1. The van der Waals surface area contributed by atoms with Gasteiger partial charge in [0.05, 0.1) is 18.8 Å². The van der Waals surface area contributed by atoms with Crippen LogP contribution in [0.15, 0.2) is 42.5 Å². The van der Waals surface area contributed by atoms with E-state index in [9.17, 15) is 15.0 Å². The number of hydrogen-bond donors (Lipinski definition) is 3. The Kier molecular flexibility index (Phi) is 4.92. The van der Waals surface area contributed by atoms with Crippen LogP contribution in [0, 0.1) is 0 Å². The first kappa shape index (κ1) is 15.0. The molecule has 110 valence electrons. The molecule has 21 heavy (non-hydrogen) atoms. The number of carboxylic acids is 1. The fourth-order valence-electron chi connectivity index (χ4n) is 2.01. The van der Waals surface area contributed by atoms with Crippen LogP contribution < -0.4 is 4.74 Å². The van der Waals surface area contributed by atoms with Gasteiger partial charge in [0, 0.05) is 5.56 Å². The maximum Gasteiger partial charge on any atom is 0.335 e. The van der Waals surface area contributed by atoms with Crippen LogP contribution >= 0.6 is 0 Å². The predicted molar refractivity (Wildman–Crippen MR) is 76.0 cm³/mol. The third-order valence-electron chi connectivity index (χ3n) is 3.11. The van der Waals surface area contributed by atoms with Crippen LogP contribution in [0.5, 0.6) is 5.75 Å². The van der Waals surface area contributed by atoms with Crippen LogP contribution in [0.3, 0.4) is 0 Å². The lowest BCUT2D eigenvalue weighted by atomic mass is 10.0. The minimum Gasteiger partial charge on any atom is -0.488 e. The molecule has 2 aromatic rings. The smallest absolute Gasteiger partial charge is 0.335 e. The van der Waals surface area contributed by atoms with Crippen molar-refractivity contribution in [1.82, 2.24) is 0 Å². The summed E-state index contributed by atoms with van der Waals surface area (Å²) < 4.78 is 5.61. The number of hydrogen-bond acceptors (Lipinski definition) is 4. The SMILES string of the molecule is O=C(O)c1cc(CO)c(CO)c(OCc2ccccc2)c1. The Labute approximate surface area is 122 Å². The molecule has 0 radical (unpaired) electrons. The van der Waals surface area contributed by atoms with Crippen LogP contribution in [0.4, 0.5) is 0 Å². The Hall–Kier alpha value is -2.37. The zero-order valence-corrected chi connectivity index (χ0v) is 11.3. The highest BCUT2D eigenvalue weighted by Gasteiger charge is 2.14. The van der Waals surface area contributed by atoms with Crippen molar-refractivity contribution in [3.05, 3.63) is 64.7 Å². The highest BCUT2D eigenvalue weighted by molar-refractivity contribution is 5.88. The Bertz CT molecular complexity index is 622. The minimum absolute atomic E-state index is 0.0133. The van der Waals surface area contributed by atoms with Gasteiger partial charge in [-0.3, -0.25) is 0 Å². The zero-order valence-electron chi connectivity index (χ0n) is 11.3. The standard InChI is InChI=1S/C16H16O5/c17-8-13-6-12(16(19)20)7-15(14(13)9-18)21-10-11-4-2-1-3-5-11/h1-7,17-18H,8-10H2,(H,19,20). The lowest BCUT2D eigenvalue weighted by Crippen LogP contribution is -2.06. The van der Waals surface area contributed by atoms with Crippen molar-refractivity contribution in [2.24, 2.45) is 0 Å². The molecule has 5 nitrogen and oxygen atoms in total. The van der Waals surface area contributed by atoms with E-state index in [-0.39, 0.29) is 31.1 Å². The van der Waals surface area contributed by atoms with E-state index in [2.05, 4.69) is 0 Å². The number of carboxylic acid groups (broad SMARTS) is 1. The molecule has 0 aliphatic heterocycles. The van der Waals surface area contributed by atoms with Crippen molar-refractivity contribution >= 4 is 5.97 Å². The predicted octanol–water partition coefficient (Wildman–Crippen LogP) is 1.95. The summed E-state index contributed by atoms with van der Waals surface area (Å²) >= 11 is 0. The van der Waals surface area contributed by atoms with Crippen molar-refractivity contribution in [3.8, 4) is 5.75 Å². The van der Waals surface area contributed by atoms with E-state index in [1.54, 1.807) is 0 Å². The van der Waals surface area contributed by atoms with Crippen molar-refractivity contribution in [2.75, 3.05) is 0 Å².